The van der Waals surface area contributed by atoms with Crippen LogP contribution < -0.4 is 10.7 Å². The number of aryl methyl sites for hydroxylation is 1. The average molecular weight is 395 g/mol. The number of hydrogen-bond donors (Lipinski definition) is 2. The Bertz CT molecular complexity index is 948. The molecule has 2 N–H and O–H groups in total. The van der Waals surface area contributed by atoms with Crippen LogP contribution in [-0.4, -0.2) is 28.4 Å². The first-order chi connectivity index (χ1) is 13.9. The zero-order valence-corrected chi connectivity index (χ0v) is 16.0. The number of carbonyl (C=O) groups is 3. The Morgan fingerprint density at radius 2 is 1.86 bits per heavy atom. The zero-order valence-electron chi connectivity index (χ0n) is 16.0. The molecule has 7 heteroatoms. The minimum Gasteiger partial charge on any atom is -0.322 e. The first-order valence-electron chi connectivity index (χ1n) is 9.64. The van der Waals surface area contributed by atoms with Gasteiger partial charge in [-0.15, -0.1) is 0 Å². The molecule has 3 atom stereocenters. The van der Waals surface area contributed by atoms with E-state index < -0.39 is 17.5 Å². The van der Waals surface area contributed by atoms with E-state index in [1.165, 1.54) is 12.1 Å². The molecule has 4 amide bonds. The second-order valence-electron chi connectivity index (χ2n) is 7.86. The number of hydrogen-bond acceptors (Lipinski definition) is 3. The van der Waals surface area contributed by atoms with E-state index in [4.69, 9.17) is 0 Å². The van der Waals surface area contributed by atoms with Crippen LogP contribution in [0, 0.1) is 11.7 Å². The Morgan fingerprint density at radius 3 is 2.55 bits per heavy atom. The first kappa shape index (κ1) is 19.1. The number of benzene rings is 2. The van der Waals surface area contributed by atoms with E-state index in [-0.39, 0.29) is 23.6 Å². The van der Waals surface area contributed by atoms with Gasteiger partial charge in [-0.2, -0.15) is 5.01 Å². The Kier molecular flexibility index (Phi) is 4.82. The number of imide groups is 1. The van der Waals surface area contributed by atoms with E-state index >= 15 is 0 Å². The molecule has 1 saturated carbocycles. The Balaban J connectivity index is 1.36. The average Bonchev–Trinajstić information content (AvgIpc) is 3.48. The summed E-state index contributed by atoms with van der Waals surface area (Å²) >= 11 is 0. The minimum absolute atomic E-state index is 0.0270. The highest BCUT2D eigenvalue weighted by Crippen LogP contribution is 2.47. The topological polar surface area (TPSA) is 78.5 Å². The van der Waals surface area contributed by atoms with E-state index in [2.05, 4.69) is 10.7 Å². The minimum atomic E-state index is -1.07. The zero-order chi connectivity index (χ0) is 20.6. The van der Waals surface area contributed by atoms with Crippen molar-refractivity contribution in [3.8, 4) is 0 Å². The van der Waals surface area contributed by atoms with Crippen molar-refractivity contribution in [1.82, 2.24) is 15.8 Å². The molecule has 1 heterocycles. The van der Waals surface area contributed by atoms with Crippen LogP contribution in [0.15, 0.2) is 54.6 Å². The van der Waals surface area contributed by atoms with E-state index in [1.54, 1.807) is 19.1 Å². The Morgan fingerprint density at radius 1 is 1.17 bits per heavy atom. The highest BCUT2D eigenvalue weighted by atomic mass is 19.1. The van der Waals surface area contributed by atoms with Crippen LogP contribution in [0.1, 0.15) is 36.8 Å². The molecule has 2 aromatic rings. The van der Waals surface area contributed by atoms with Crippen molar-refractivity contribution in [3.05, 3.63) is 71.5 Å². The summed E-state index contributed by atoms with van der Waals surface area (Å²) in [4.78, 5) is 37.7. The monoisotopic (exact) mass is 395 g/mol. The lowest BCUT2D eigenvalue weighted by atomic mass is 9.93. The van der Waals surface area contributed by atoms with Gasteiger partial charge in [0.15, 0.2) is 0 Å². The van der Waals surface area contributed by atoms with Crippen molar-refractivity contribution < 1.29 is 18.8 Å². The fraction of sp³-hybridized carbons (Fsp3) is 0.318. The lowest BCUT2D eigenvalue weighted by Crippen LogP contribution is -2.49. The predicted octanol–water partition coefficient (Wildman–Crippen LogP) is 2.90. The van der Waals surface area contributed by atoms with Crippen LogP contribution in [0.3, 0.4) is 0 Å². The molecular weight excluding hydrogens is 373 g/mol. The van der Waals surface area contributed by atoms with E-state index in [0.717, 1.165) is 16.1 Å². The summed E-state index contributed by atoms with van der Waals surface area (Å²) in [6, 6.07) is 15.1. The molecule has 150 valence electrons. The largest absolute Gasteiger partial charge is 0.344 e. The number of hydrazine groups is 1. The molecule has 4 rings (SSSR count). The molecule has 2 fully saturated rings. The van der Waals surface area contributed by atoms with Gasteiger partial charge >= 0.3 is 6.03 Å². The van der Waals surface area contributed by atoms with Crippen LogP contribution in [0.5, 0.6) is 0 Å². The number of halogens is 1. The summed E-state index contributed by atoms with van der Waals surface area (Å²) in [6.45, 7) is 1.67. The van der Waals surface area contributed by atoms with Crippen LogP contribution in [-0.2, 0) is 16.0 Å². The van der Waals surface area contributed by atoms with Crippen LogP contribution in [0.25, 0.3) is 0 Å². The summed E-state index contributed by atoms with van der Waals surface area (Å²) in [5.41, 5.74) is 3.33. The van der Waals surface area contributed by atoms with Gasteiger partial charge in [-0.1, -0.05) is 42.5 Å². The molecule has 2 aromatic carbocycles. The third-order valence-electron chi connectivity index (χ3n) is 5.66. The van der Waals surface area contributed by atoms with Crippen molar-refractivity contribution in [3.63, 3.8) is 0 Å². The van der Waals surface area contributed by atoms with Gasteiger partial charge in [0, 0.05) is 5.92 Å². The van der Waals surface area contributed by atoms with E-state index in [9.17, 15) is 18.8 Å². The van der Waals surface area contributed by atoms with Gasteiger partial charge < -0.3 is 5.32 Å². The number of carbonyl (C=O) groups excluding carboxylic acids is 3. The van der Waals surface area contributed by atoms with Gasteiger partial charge in [0.2, 0.25) is 5.91 Å². The SMILES string of the molecule is CC1(CCc2ccccc2)NC(=O)N(NC(=O)C2CC2c2ccc(F)cc2)C1=O. The smallest absolute Gasteiger partial charge is 0.322 e. The third-order valence-corrected chi connectivity index (χ3v) is 5.66. The maximum atomic E-state index is 13.1. The maximum absolute atomic E-state index is 13.1. The summed E-state index contributed by atoms with van der Waals surface area (Å²) in [7, 11) is 0. The molecule has 0 aromatic heterocycles. The number of rotatable bonds is 6. The lowest BCUT2D eigenvalue weighted by molar-refractivity contribution is -0.139. The second kappa shape index (κ2) is 7.31. The standard InChI is InChI=1S/C22H22FN3O3/c1-22(12-11-14-5-3-2-4-6-14)20(28)26(21(29)24-22)25-19(27)18-13-17(18)15-7-9-16(23)10-8-15/h2-10,17-18H,11-13H2,1H3,(H,24,29)(H,25,27). The molecule has 1 saturated heterocycles. The first-order valence-corrected chi connectivity index (χ1v) is 9.64. The number of nitrogens with one attached hydrogen (secondary N) is 2. The number of urea groups is 1. The molecule has 0 radical (unpaired) electrons. The highest BCUT2D eigenvalue weighted by Gasteiger charge is 2.51. The van der Waals surface area contributed by atoms with Gasteiger partial charge in [-0.25, -0.2) is 9.18 Å². The quantitative estimate of drug-likeness (QED) is 0.739. The molecule has 3 unspecified atom stereocenters. The van der Waals surface area contributed by atoms with Crippen molar-refractivity contribution in [2.45, 2.75) is 37.6 Å². The molecule has 1 aliphatic heterocycles. The molecule has 6 nitrogen and oxygen atoms in total. The second-order valence-corrected chi connectivity index (χ2v) is 7.86. The van der Waals surface area contributed by atoms with Gasteiger partial charge in [0.1, 0.15) is 11.4 Å². The lowest BCUT2D eigenvalue weighted by Gasteiger charge is -2.21. The molecular formula is C22H22FN3O3. The molecule has 2 aliphatic rings. The molecule has 0 spiro atoms. The van der Waals surface area contributed by atoms with Crippen molar-refractivity contribution in [2.24, 2.45) is 5.92 Å². The summed E-state index contributed by atoms with van der Waals surface area (Å²) in [5, 5.41) is 3.48. The maximum Gasteiger partial charge on any atom is 0.344 e. The van der Waals surface area contributed by atoms with Gasteiger partial charge in [-0.05, 0) is 55.4 Å². The summed E-state index contributed by atoms with van der Waals surface area (Å²) in [6.07, 6.45) is 1.66. The molecule has 1 aliphatic carbocycles. The van der Waals surface area contributed by atoms with Gasteiger partial charge in [0.05, 0.1) is 0 Å². The van der Waals surface area contributed by atoms with Crippen LogP contribution >= 0.6 is 0 Å². The number of nitrogens with zero attached hydrogens (tertiary/aromatic N) is 1. The molecule has 0 bridgehead atoms. The van der Waals surface area contributed by atoms with Gasteiger partial charge in [-0.3, -0.25) is 15.0 Å². The summed E-state index contributed by atoms with van der Waals surface area (Å²) < 4.78 is 13.1. The fourth-order valence-corrected chi connectivity index (χ4v) is 3.75. The van der Waals surface area contributed by atoms with E-state index in [0.29, 0.717) is 19.3 Å². The number of amides is 4. The van der Waals surface area contributed by atoms with Crippen molar-refractivity contribution in [1.29, 1.82) is 0 Å². The summed E-state index contributed by atoms with van der Waals surface area (Å²) in [5.74, 6) is -1.54. The van der Waals surface area contributed by atoms with Crippen LogP contribution in [0.4, 0.5) is 9.18 Å². The van der Waals surface area contributed by atoms with Crippen molar-refractivity contribution >= 4 is 17.8 Å². The van der Waals surface area contributed by atoms with Gasteiger partial charge in [0.25, 0.3) is 5.91 Å². The highest BCUT2D eigenvalue weighted by molar-refractivity contribution is 6.08. The van der Waals surface area contributed by atoms with E-state index in [1.807, 2.05) is 30.3 Å². The fourth-order valence-electron chi connectivity index (χ4n) is 3.75. The Hall–Kier alpha value is -3.22. The van der Waals surface area contributed by atoms with Crippen LogP contribution in [0.2, 0.25) is 0 Å². The van der Waals surface area contributed by atoms with Crippen molar-refractivity contribution in [2.75, 3.05) is 0 Å². The predicted molar refractivity (Wildman–Crippen MR) is 104 cm³/mol. The Labute approximate surface area is 168 Å². The normalized spacial score (nSPS) is 25.7. The third kappa shape index (κ3) is 3.85. The molecule has 29 heavy (non-hydrogen) atoms.